The van der Waals surface area contributed by atoms with Gasteiger partial charge >= 0.3 is 0 Å². The van der Waals surface area contributed by atoms with Crippen molar-refractivity contribution in [1.29, 1.82) is 0 Å². The minimum absolute atomic E-state index is 0.750. The summed E-state index contributed by atoms with van der Waals surface area (Å²) in [5.41, 5.74) is 5.34. The highest BCUT2D eigenvalue weighted by Crippen LogP contribution is 2.26. The molecule has 0 unspecified atom stereocenters. The van der Waals surface area contributed by atoms with E-state index >= 15 is 0 Å². The number of benzene rings is 2. The van der Waals surface area contributed by atoms with Gasteiger partial charge in [0.1, 0.15) is 5.58 Å². The van der Waals surface area contributed by atoms with Gasteiger partial charge in [-0.15, -0.1) is 0 Å². The number of hydrogen-bond acceptors (Lipinski definition) is 4. The molecule has 2 aromatic carbocycles. The van der Waals surface area contributed by atoms with Crippen molar-refractivity contribution < 1.29 is 4.42 Å². The number of fused-ring (bicyclic) bond motifs is 1. The molecule has 0 atom stereocenters. The summed E-state index contributed by atoms with van der Waals surface area (Å²) < 4.78 is 5.81. The first kappa shape index (κ1) is 19.0. The van der Waals surface area contributed by atoms with Crippen molar-refractivity contribution in [2.45, 2.75) is 13.0 Å². The monoisotopic (exact) mass is 397 g/mol. The van der Waals surface area contributed by atoms with Crippen molar-refractivity contribution in [3.05, 3.63) is 83.3 Å². The van der Waals surface area contributed by atoms with Gasteiger partial charge in [0.15, 0.2) is 5.76 Å². The molecule has 0 radical (unpaired) electrons. The zero-order chi connectivity index (χ0) is 20.3. The Bertz CT molecular complexity index is 1090. The van der Waals surface area contributed by atoms with Crippen LogP contribution >= 0.6 is 0 Å². The Morgan fingerprint density at radius 1 is 0.967 bits per heavy atom. The maximum atomic E-state index is 5.81. The summed E-state index contributed by atoms with van der Waals surface area (Å²) in [7, 11) is 2.23. The Morgan fingerprint density at radius 3 is 2.63 bits per heavy atom. The van der Waals surface area contributed by atoms with Crippen LogP contribution in [-0.4, -0.2) is 54.6 Å². The van der Waals surface area contributed by atoms with Gasteiger partial charge in [-0.3, -0.25) is 9.80 Å². The first-order chi connectivity index (χ1) is 14.7. The van der Waals surface area contributed by atoms with E-state index in [9.17, 15) is 0 Å². The van der Waals surface area contributed by atoms with E-state index in [-0.39, 0.29) is 0 Å². The van der Waals surface area contributed by atoms with Gasteiger partial charge in [0, 0.05) is 56.8 Å². The molecule has 4 nitrogen and oxygen atoms in total. The average Bonchev–Trinajstić information content (AvgIpc) is 3.17. The van der Waals surface area contributed by atoms with Gasteiger partial charge < -0.3 is 9.32 Å². The fourth-order valence-corrected chi connectivity index (χ4v) is 4.55. The van der Waals surface area contributed by atoms with Crippen LogP contribution < -0.4 is 0 Å². The second kappa shape index (κ2) is 8.39. The first-order valence-corrected chi connectivity index (χ1v) is 10.6. The molecular formula is C26H27N3O. The van der Waals surface area contributed by atoms with Gasteiger partial charge in [0.2, 0.25) is 0 Å². The molecule has 1 aromatic heterocycles. The maximum Gasteiger partial charge on any atom is 0.178 e. The number of furan rings is 1. The lowest BCUT2D eigenvalue weighted by molar-refractivity contribution is 0.137. The zero-order valence-corrected chi connectivity index (χ0v) is 17.5. The van der Waals surface area contributed by atoms with Crippen molar-refractivity contribution in [3.63, 3.8) is 0 Å². The number of rotatable bonds is 3. The highest BCUT2D eigenvalue weighted by molar-refractivity contribution is 5.78. The van der Waals surface area contributed by atoms with Crippen molar-refractivity contribution in [1.82, 2.24) is 14.7 Å². The lowest BCUT2D eigenvalue weighted by Crippen LogP contribution is -2.47. The van der Waals surface area contributed by atoms with Crippen molar-refractivity contribution in [2.24, 2.45) is 0 Å². The molecule has 0 aliphatic carbocycles. The van der Waals surface area contributed by atoms with Crippen LogP contribution in [0.3, 0.4) is 0 Å². The van der Waals surface area contributed by atoms with Crippen LogP contribution in [0.4, 0.5) is 0 Å². The SMILES string of the molecule is CN1CN(Cc2ccccc2)CC2=C1CCN(CC#Cc1cc3ccccc3o1)C2. The third-order valence-corrected chi connectivity index (χ3v) is 5.96. The van der Waals surface area contributed by atoms with E-state index in [0.717, 1.165) is 62.5 Å². The molecule has 2 aliphatic heterocycles. The molecule has 0 amide bonds. The van der Waals surface area contributed by atoms with E-state index in [1.54, 1.807) is 0 Å². The molecule has 0 bridgehead atoms. The smallest absolute Gasteiger partial charge is 0.178 e. The Balaban J connectivity index is 1.23. The Hall–Kier alpha value is -3.00. The van der Waals surface area contributed by atoms with E-state index in [0.29, 0.717) is 0 Å². The molecular weight excluding hydrogens is 370 g/mol. The molecule has 0 spiro atoms. The Morgan fingerprint density at radius 2 is 1.77 bits per heavy atom. The summed E-state index contributed by atoms with van der Waals surface area (Å²) >= 11 is 0. The topological polar surface area (TPSA) is 22.9 Å². The molecule has 2 aliphatic rings. The molecule has 5 rings (SSSR count). The van der Waals surface area contributed by atoms with Crippen LogP contribution in [0.1, 0.15) is 17.7 Å². The lowest BCUT2D eigenvalue weighted by Gasteiger charge is -2.42. The summed E-state index contributed by atoms with van der Waals surface area (Å²) in [6.07, 6.45) is 1.11. The van der Waals surface area contributed by atoms with Gasteiger partial charge in [0.05, 0.1) is 13.2 Å². The maximum absolute atomic E-state index is 5.81. The summed E-state index contributed by atoms with van der Waals surface area (Å²) in [6, 6.07) is 20.8. The lowest BCUT2D eigenvalue weighted by atomic mass is 10.0. The largest absolute Gasteiger partial charge is 0.448 e. The molecule has 152 valence electrons. The van der Waals surface area contributed by atoms with E-state index < -0.39 is 0 Å². The Kier molecular flexibility index (Phi) is 5.31. The molecule has 4 heteroatoms. The van der Waals surface area contributed by atoms with Crippen molar-refractivity contribution >= 4 is 11.0 Å². The van der Waals surface area contributed by atoms with Gasteiger partial charge in [-0.1, -0.05) is 54.5 Å². The van der Waals surface area contributed by atoms with Crippen molar-refractivity contribution in [3.8, 4) is 11.8 Å². The van der Waals surface area contributed by atoms with Gasteiger partial charge in [-0.05, 0) is 23.1 Å². The molecule has 3 heterocycles. The van der Waals surface area contributed by atoms with Crippen LogP contribution in [0.15, 0.2) is 76.4 Å². The minimum Gasteiger partial charge on any atom is -0.448 e. The van der Waals surface area contributed by atoms with Crippen molar-refractivity contribution in [2.75, 3.05) is 39.9 Å². The quantitative estimate of drug-likeness (QED) is 0.620. The second-order valence-corrected chi connectivity index (χ2v) is 8.27. The first-order valence-electron chi connectivity index (χ1n) is 10.6. The predicted molar refractivity (Wildman–Crippen MR) is 121 cm³/mol. The van der Waals surface area contributed by atoms with E-state index in [1.807, 2.05) is 24.3 Å². The summed E-state index contributed by atoms with van der Waals surface area (Å²) in [6.45, 7) is 5.88. The zero-order valence-electron chi connectivity index (χ0n) is 17.5. The number of nitrogens with zero attached hydrogens (tertiary/aromatic N) is 3. The molecule has 3 aromatic rings. The van der Waals surface area contributed by atoms with Gasteiger partial charge in [0.25, 0.3) is 0 Å². The van der Waals surface area contributed by atoms with Crippen LogP contribution in [0.25, 0.3) is 11.0 Å². The fourth-order valence-electron chi connectivity index (χ4n) is 4.55. The van der Waals surface area contributed by atoms with Crippen LogP contribution in [0.5, 0.6) is 0 Å². The average molecular weight is 398 g/mol. The molecule has 0 saturated carbocycles. The van der Waals surface area contributed by atoms with E-state index in [1.165, 1.54) is 16.8 Å². The predicted octanol–water partition coefficient (Wildman–Crippen LogP) is 4.15. The number of para-hydroxylation sites is 1. The molecule has 0 N–H and O–H groups in total. The number of hydrogen-bond donors (Lipinski definition) is 0. The van der Waals surface area contributed by atoms with Crippen LogP contribution in [-0.2, 0) is 6.54 Å². The van der Waals surface area contributed by atoms with E-state index in [4.69, 9.17) is 4.42 Å². The summed E-state index contributed by atoms with van der Waals surface area (Å²) in [4.78, 5) is 7.41. The van der Waals surface area contributed by atoms with Crippen LogP contribution in [0.2, 0.25) is 0 Å². The normalized spacial score (nSPS) is 17.7. The molecule has 0 fully saturated rings. The fraction of sp³-hybridized carbons (Fsp3) is 0.308. The third kappa shape index (κ3) is 4.14. The summed E-state index contributed by atoms with van der Waals surface area (Å²) in [5, 5.41) is 1.11. The van der Waals surface area contributed by atoms with Gasteiger partial charge in [-0.25, -0.2) is 0 Å². The highest BCUT2D eigenvalue weighted by atomic mass is 16.3. The second-order valence-electron chi connectivity index (χ2n) is 8.27. The highest BCUT2D eigenvalue weighted by Gasteiger charge is 2.27. The minimum atomic E-state index is 0.750. The van der Waals surface area contributed by atoms with Gasteiger partial charge in [-0.2, -0.15) is 0 Å². The standard InChI is InChI=1S/C26H27N3O/c1-27-20-29(17-21-8-3-2-4-9-21)19-23-18-28(15-13-25(23)27)14-7-11-24-16-22-10-5-6-12-26(22)30-24/h2-6,8-10,12,16H,13-15,17-20H2,1H3. The van der Waals surface area contributed by atoms with Crippen LogP contribution in [0, 0.1) is 11.8 Å². The molecule has 30 heavy (non-hydrogen) atoms. The third-order valence-electron chi connectivity index (χ3n) is 5.96. The summed E-state index contributed by atoms with van der Waals surface area (Å²) in [5.74, 6) is 7.28. The van der Waals surface area contributed by atoms with E-state index in [2.05, 4.69) is 70.0 Å². The Labute approximate surface area is 178 Å². The molecule has 0 saturated heterocycles.